The van der Waals surface area contributed by atoms with Gasteiger partial charge in [-0.05, 0) is 30.9 Å². The van der Waals surface area contributed by atoms with Gasteiger partial charge in [0.05, 0.1) is 4.90 Å². The van der Waals surface area contributed by atoms with Crippen molar-refractivity contribution in [3.05, 3.63) is 29.8 Å². The van der Waals surface area contributed by atoms with Crippen molar-refractivity contribution in [1.82, 2.24) is 4.72 Å². The van der Waals surface area contributed by atoms with E-state index >= 15 is 0 Å². The molecule has 0 amide bonds. The van der Waals surface area contributed by atoms with Gasteiger partial charge in [-0.3, -0.25) is 4.79 Å². The number of sulfonamides is 1. The zero-order valence-electron chi connectivity index (χ0n) is 11.5. The molecular formula is C14H20N2O3S. The molecule has 1 aromatic rings. The van der Waals surface area contributed by atoms with Crippen molar-refractivity contribution in [1.29, 1.82) is 0 Å². The average molecular weight is 296 g/mol. The number of hydrogen-bond acceptors (Lipinski definition) is 4. The second-order valence-corrected chi connectivity index (χ2v) is 6.92. The van der Waals surface area contributed by atoms with Crippen molar-refractivity contribution in [3.8, 4) is 0 Å². The van der Waals surface area contributed by atoms with Gasteiger partial charge in [-0.1, -0.05) is 19.1 Å². The van der Waals surface area contributed by atoms with E-state index < -0.39 is 10.0 Å². The van der Waals surface area contributed by atoms with Gasteiger partial charge in [0.1, 0.15) is 0 Å². The van der Waals surface area contributed by atoms with E-state index in [1.165, 1.54) is 12.1 Å². The van der Waals surface area contributed by atoms with Crippen LogP contribution in [0.1, 0.15) is 36.5 Å². The Labute approximate surface area is 119 Å². The molecule has 2 rings (SSSR count). The number of carbonyl (C=O) groups is 1. The number of benzene rings is 1. The van der Waals surface area contributed by atoms with Crippen LogP contribution in [0, 0.1) is 5.92 Å². The standard InChI is InChI=1S/C14H20N2O3S/c1-2-14(17)11-4-3-5-12(8-11)20(18,19)16-9-13(15)10-6-7-10/h3-5,8,10,13,16H,2,6-7,9,15H2,1H3. The summed E-state index contributed by atoms with van der Waals surface area (Å²) in [5.74, 6) is 0.363. The van der Waals surface area contributed by atoms with E-state index in [2.05, 4.69) is 4.72 Å². The molecule has 20 heavy (non-hydrogen) atoms. The minimum Gasteiger partial charge on any atom is -0.326 e. The van der Waals surface area contributed by atoms with Gasteiger partial charge in [-0.15, -0.1) is 0 Å². The predicted molar refractivity (Wildman–Crippen MR) is 77.0 cm³/mol. The molecule has 0 saturated heterocycles. The number of rotatable bonds is 7. The van der Waals surface area contributed by atoms with Gasteiger partial charge in [0.2, 0.25) is 10.0 Å². The molecule has 5 nitrogen and oxygen atoms in total. The maximum absolute atomic E-state index is 12.2. The summed E-state index contributed by atoms with van der Waals surface area (Å²) in [5.41, 5.74) is 6.30. The fourth-order valence-electron chi connectivity index (χ4n) is 2.02. The Bertz CT molecular complexity index is 594. The molecule has 110 valence electrons. The molecule has 0 bridgehead atoms. The highest BCUT2D eigenvalue weighted by atomic mass is 32.2. The Morgan fingerprint density at radius 3 is 2.75 bits per heavy atom. The molecule has 6 heteroatoms. The lowest BCUT2D eigenvalue weighted by molar-refractivity contribution is 0.0988. The lowest BCUT2D eigenvalue weighted by atomic mass is 10.1. The van der Waals surface area contributed by atoms with Crippen molar-refractivity contribution in [2.45, 2.75) is 37.1 Å². The van der Waals surface area contributed by atoms with E-state index in [1.807, 2.05) is 0 Å². The predicted octanol–water partition coefficient (Wildman–Crippen LogP) is 1.29. The summed E-state index contributed by atoms with van der Waals surface area (Å²) in [6.07, 6.45) is 2.50. The van der Waals surface area contributed by atoms with Crippen LogP contribution >= 0.6 is 0 Å². The van der Waals surface area contributed by atoms with E-state index in [0.717, 1.165) is 12.8 Å². The molecule has 1 aliphatic rings. The van der Waals surface area contributed by atoms with Crippen LogP contribution in [0.5, 0.6) is 0 Å². The van der Waals surface area contributed by atoms with Crippen LogP contribution in [0.25, 0.3) is 0 Å². The van der Waals surface area contributed by atoms with Crippen LogP contribution in [0.4, 0.5) is 0 Å². The van der Waals surface area contributed by atoms with Crippen molar-refractivity contribution in [3.63, 3.8) is 0 Å². The number of ketones is 1. The van der Waals surface area contributed by atoms with Gasteiger partial charge in [0.15, 0.2) is 5.78 Å². The molecule has 0 aliphatic heterocycles. The molecule has 0 heterocycles. The topological polar surface area (TPSA) is 89.3 Å². The third-order valence-electron chi connectivity index (χ3n) is 3.52. The van der Waals surface area contributed by atoms with E-state index in [-0.39, 0.29) is 23.3 Å². The lowest BCUT2D eigenvalue weighted by Crippen LogP contribution is -2.38. The zero-order chi connectivity index (χ0) is 14.8. The first kappa shape index (κ1) is 15.2. The minimum absolute atomic E-state index is 0.0725. The molecule has 1 aliphatic carbocycles. The van der Waals surface area contributed by atoms with Crippen LogP contribution in [0.3, 0.4) is 0 Å². The van der Waals surface area contributed by atoms with Gasteiger partial charge >= 0.3 is 0 Å². The molecule has 0 spiro atoms. The van der Waals surface area contributed by atoms with Crippen molar-refractivity contribution in [2.75, 3.05) is 6.54 Å². The lowest BCUT2D eigenvalue weighted by Gasteiger charge is -2.12. The van der Waals surface area contributed by atoms with Crippen LogP contribution in [-0.4, -0.2) is 26.8 Å². The number of nitrogens with one attached hydrogen (secondary N) is 1. The number of nitrogens with two attached hydrogens (primary N) is 1. The summed E-state index contributed by atoms with van der Waals surface area (Å²) >= 11 is 0. The first-order valence-corrected chi connectivity index (χ1v) is 8.31. The van der Waals surface area contributed by atoms with Crippen LogP contribution < -0.4 is 10.5 Å². The van der Waals surface area contributed by atoms with Crippen LogP contribution in [0.15, 0.2) is 29.2 Å². The maximum atomic E-state index is 12.2. The minimum atomic E-state index is -3.61. The Balaban J connectivity index is 2.10. The van der Waals surface area contributed by atoms with Gasteiger partial charge in [-0.25, -0.2) is 13.1 Å². The Morgan fingerprint density at radius 1 is 1.45 bits per heavy atom. The second kappa shape index (κ2) is 6.03. The largest absolute Gasteiger partial charge is 0.326 e. The highest BCUT2D eigenvalue weighted by Gasteiger charge is 2.29. The summed E-state index contributed by atoms with van der Waals surface area (Å²) in [6, 6.07) is 5.97. The molecule has 1 fully saturated rings. The van der Waals surface area contributed by atoms with Gasteiger partial charge in [0.25, 0.3) is 0 Å². The first-order valence-electron chi connectivity index (χ1n) is 6.82. The summed E-state index contributed by atoms with van der Waals surface area (Å²) in [4.78, 5) is 11.7. The third-order valence-corrected chi connectivity index (χ3v) is 4.95. The van der Waals surface area contributed by atoms with Crippen molar-refractivity contribution in [2.24, 2.45) is 11.7 Å². The molecular weight excluding hydrogens is 276 g/mol. The number of Topliss-reactive ketones (excluding diaryl/α,β-unsaturated/α-hetero) is 1. The van der Waals surface area contributed by atoms with Gasteiger partial charge in [0, 0.05) is 24.6 Å². The van der Waals surface area contributed by atoms with Crippen molar-refractivity contribution < 1.29 is 13.2 Å². The molecule has 1 atom stereocenters. The third kappa shape index (κ3) is 3.65. The Morgan fingerprint density at radius 2 is 2.15 bits per heavy atom. The molecule has 0 radical (unpaired) electrons. The number of hydrogen-bond donors (Lipinski definition) is 2. The second-order valence-electron chi connectivity index (χ2n) is 5.16. The quantitative estimate of drug-likeness (QED) is 0.742. The van der Waals surface area contributed by atoms with Crippen LogP contribution in [-0.2, 0) is 10.0 Å². The molecule has 1 aromatic carbocycles. The summed E-state index contributed by atoms with van der Waals surface area (Å²) in [6.45, 7) is 1.98. The molecule has 3 N–H and O–H groups in total. The Hall–Kier alpha value is -1.24. The zero-order valence-corrected chi connectivity index (χ0v) is 12.3. The highest BCUT2D eigenvalue weighted by Crippen LogP contribution is 2.31. The van der Waals surface area contributed by atoms with Gasteiger partial charge < -0.3 is 5.73 Å². The fraction of sp³-hybridized carbons (Fsp3) is 0.500. The highest BCUT2D eigenvalue weighted by molar-refractivity contribution is 7.89. The molecule has 1 saturated carbocycles. The maximum Gasteiger partial charge on any atom is 0.240 e. The summed E-state index contributed by atoms with van der Waals surface area (Å²) in [7, 11) is -3.61. The van der Waals surface area contributed by atoms with Gasteiger partial charge in [-0.2, -0.15) is 0 Å². The number of carbonyl (C=O) groups excluding carboxylic acids is 1. The fourth-order valence-corrected chi connectivity index (χ4v) is 3.14. The van der Waals surface area contributed by atoms with Crippen LogP contribution in [0.2, 0.25) is 0 Å². The summed E-state index contributed by atoms with van der Waals surface area (Å²) < 4.78 is 26.8. The van der Waals surface area contributed by atoms with E-state index in [0.29, 0.717) is 17.9 Å². The first-order chi connectivity index (χ1) is 9.44. The summed E-state index contributed by atoms with van der Waals surface area (Å²) in [5, 5.41) is 0. The molecule has 1 unspecified atom stereocenters. The monoisotopic (exact) mass is 296 g/mol. The average Bonchev–Trinajstić information content (AvgIpc) is 3.28. The van der Waals surface area contributed by atoms with Crippen molar-refractivity contribution >= 4 is 15.8 Å². The SMILES string of the molecule is CCC(=O)c1cccc(S(=O)(=O)NCC(N)C2CC2)c1. The molecule has 0 aromatic heterocycles. The van der Waals surface area contributed by atoms with E-state index in [4.69, 9.17) is 5.73 Å². The smallest absolute Gasteiger partial charge is 0.240 e. The van der Waals surface area contributed by atoms with E-state index in [1.54, 1.807) is 19.1 Å². The normalized spacial score (nSPS) is 16.9. The van der Waals surface area contributed by atoms with E-state index in [9.17, 15) is 13.2 Å². The Kier molecular flexibility index (Phi) is 4.57.